The Balaban J connectivity index is 2.38. The quantitative estimate of drug-likeness (QED) is 0.701. The average Bonchev–Trinajstić information content (AvgIpc) is 2.45. The van der Waals surface area contributed by atoms with Crippen LogP contribution in [-0.2, 0) is 9.53 Å². The lowest BCUT2D eigenvalue weighted by Crippen LogP contribution is -2.36. The van der Waals surface area contributed by atoms with Crippen LogP contribution >= 0.6 is 0 Å². The summed E-state index contributed by atoms with van der Waals surface area (Å²) in [4.78, 5) is 13.6. The normalized spacial score (nSPS) is 12.0. The number of carbonyl (C=O) groups excluding carboxylic acids is 1. The molecule has 1 rings (SSSR count). The van der Waals surface area contributed by atoms with Crippen LogP contribution in [0.5, 0.6) is 0 Å². The van der Waals surface area contributed by atoms with E-state index in [0.717, 1.165) is 0 Å². The van der Waals surface area contributed by atoms with Gasteiger partial charge in [0.25, 0.3) is 0 Å². The minimum absolute atomic E-state index is 0.0150. The van der Waals surface area contributed by atoms with Crippen molar-refractivity contribution in [1.29, 1.82) is 0 Å². The predicted molar refractivity (Wildman–Crippen MR) is 82.1 cm³/mol. The summed E-state index contributed by atoms with van der Waals surface area (Å²) in [5.41, 5.74) is 2.33. The zero-order valence-electron chi connectivity index (χ0n) is 12.8. The smallest absolute Gasteiger partial charge is 0.234 e. The summed E-state index contributed by atoms with van der Waals surface area (Å²) < 4.78 is 4.88. The van der Waals surface area contributed by atoms with E-state index in [1.165, 1.54) is 11.3 Å². The maximum atomic E-state index is 11.6. The van der Waals surface area contributed by atoms with Gasteiger partial charge in [-0.15, -0.1) is 0 Å². The third kappa shape index (κ3) is 5.59. The van der Waals surface area contributed by atoms with E-state index in [-0.39, 0.29) is 11.9 Å². The first-order chi connectivity index (χ1) is 9.54. The molecule has 0 bridgehead atoms. The van der Waals surface area contributed by atoms with Gasteiger partial charge in [0.2, 0.25) is 5.91 Å². The molecule has 0 aliphatic rings. The second-order valence-electron chi connectivity index (χ2n) is 4.93. The fourth-order valence-electron chi connectivity index (χ4n) is 1.78. The van der Waals surface area contributed by atoms with Crippen molar-refractivity contribution in [2.75, 3.05) is 45.8 Å². The van der Waals surface area contributed by atoms with Gasteiger partial charge >= 0.3 is 0 Å². The number of hydrogen-bond acceptors (Lipinski definition) is 4. The Labute approximate surface area is 121 Å². The molecule has 0 fully saturated rings. The van der Waals surface area contributed by atoms with E-state index in [0.29, 0.717) is 19.7 Å². The molecule has 0 aliphatic carbocycles. The minimum atomic E-state index is -0.0150. The number of amides is 1. The molecule has 20 heavy (non-hydrogen) atoms. The molecule has 1 unspecified atom stereocenters. The standard InChI is InChI=1S/C15H25N3O2/c1-12(17-11-15(19)16-9-10-20-4)13-5-7-14(8-6-13)18(2)3/h5-8,12,17H,9-11H2,1-4H3,(H,16,19). The van der Waals surface area contributed by atoms with Gasteiger partial charge in [-0.1, -0.05) is 12.1 Å². The highest BCUT2D eigenvalue weighted by atomic mass is 16.5. The fraction of sp³-hybridized carbons (Fsp3) is 0.533. The third-order valence-electron chi connectivity index (χ3n) is 3.11. The Morgan fingerprint density at radius 2 is 1.95 bits per heavy atom. The highest BCUT2D eigenvalue weighted by Crippen LogP contribution is 2.17. The number of hydrogen-bond donors (Lipinski definition) is 2. The molecule has 1 aromatic carbocycles. The number of ether oxygens (including phenoxy) is 1. The maximum Gasteiger partial charge on any atom is 0.234 e. The summed E-state index contributed by atoms with van der Waals surface area (Å²) >= 11 is 0. The number of methoxy groups -OCH3 is 1. The van der Waals surface area contributed by atoms with Gasteiger partial charge in [-0.2, -0.15) is 0 Å². The second-order valence-corrected chi connectivity index (χ2v) is 4.93. The van der Waals surface area contributed by atoms with Crippen molar-refractivity contribution < 1.29 is 9.53 Å². The number of anilines is 1. The third-order valence-corrected chi connectivity index (χ3v) is 3.11. The first-order valence-corrected chi connectivity index (χ1v) is 6.81. The van der Waals surface area contributed by atoms with Crippen LogP contribution in [0.3, 0.4) is 0 Å². The van der Waals surface area contributed by atoms with Gasteiger partial charge in [-0.25, -0.2) is 0 Å². The van der Waals surface area contributed by atoms with E-state index in [2.05, 4.69) is 39.8 Å². The van der Waals surface area contributed by atoms with Crippen molar-refractivity contribution in [2.24, 2.45) is 0 Å². The molecular weight excluding hydrogens is 254 g/mol. The average molecular weight is 279 g/mol. The van der Waals surface area contributed by atoms with Gasteiger partial charge in [0.05, 0.1) is 13.2 Å². The maximum absolute atomic E-state index is 11.6. The van der Waals surface area contributed by atoms with Gasteiger partial charge in [0.1, 0.15) is 0 Å². The van der Waals surface area contributed by atoms with Crippen molar-refractivity contribution in [3.05, 3.63) is 29.8 Å². The number of nitrogens with zero attached hydrogens (tertiary/aromatic N) is 1. The lowest BCUT2D eigenvalue weighted by Gasteiger charge is -2.17. The van der Waals surface area contributed by atoms with Crippen LogP contribution in [0.2, 0.25) is 0 Å². The summed E-state index contributed by atoms with van der Waals surface area (Å²) in [7, 11) is 5.64. The molecule has 0 aliphatic heterocycles. The molecule has 1 atom stereocenters. The Kier molecular flexibility index (Phi) is 7.04. The molecular formula is C15H25N3O2. The molecule has 0 saturated heterocycles. The zero-order valence-corrected chi connectivity index (χ0v) is 12.8. The lowest BCUT2D eigenvalue weighted by atomic mass is 10.1. The molecule has 2 N–H and O–H groups in total. The van der Waals surface area contributed by atoms with Gasteiger partial charge in [0.15, 0.2) is 0 Å². The van der Waals surface area contributed by atoms with E-state index >= 15 is 0 Å². The van der Waals surface area contributed by atoms with E-state index in [9.17, 15) is 4.79 Å². The molecule has 0 aromatic heterocycles. The summed E-state index contributed by atoms with van der Waals surface area (Å²) in [5, 5.41) is 5.99. The van der Waals surface area contributed by atoms with Crippen LogP contribution in [0.25, 0.3) is 0 Å². The van der Waals surface area contributed by atoms with Crippen LogP contribution in [0.4, 0.5) is 5.69 Å². The van der Waals surface area contributed by atoms with E-state index in [1.54, 1.807) is 7.11 Å². The number of benzene rings is 1. The van der Waals surface area contributed by atoms with Crippen molar-refractivity contribution in [2.45, 2.75) is 13.0 Å². The first-order valence-electron chi connectivity index (χ1n) is 6.81. The van der Waals surface area contributed by atoms with E-state index < -0.39 is 0 Å². The largest absolute Gasteiger partial charge is 0.383 e. The van der Waals surface area contributed by atoms with Crippen molar-refractivity contribution >= 4 is 11.6 Å². The molecule has 112 valence electrons. The zero-order chi connectivity index (χ0) is 15.0. The van der Waals surface area contributed by atoms with Crippen LogP contribution in [0, 0.1) is 0 Å². The van der Waals surface area contributed by atoms with Crippen LogP contribution in [0.1, 0.15) is 18.5 Å². The Hall–Kier alpha value is -1.59. The molecule has 5 heteroatoms. The fourth-order valence-corrected chi connectivity index (χ4v) is 1.78. The van der Waals surface area contributed by atoms with Gasteiger partial charge in [-0.05, 0) is 24.6 Å². The van der Waals surface area contributed by atoms with Crippen LogP contribution < -0.4 is 15.5 Å². The molecule has 5 nitrogen and oxygen atoms in total. The number of nitrogens with one attached hydrogen (secondary N) is 2. The lowest BCUT2D eigenvalue weighted by molar-refractivity contribution is -0.120. The van der Waals surface area contributed by atoms with Crippen molar-refractivity contribution in [1.82, 2.24) is 10.6 Å². The Morgan fingerprint density at radius 1 is 1.30 bits per heavy atom. The van der Waals surface area contributed by atoms with Gasteiger partial charge < -0.3 is 20.3 Å². The van der Waals surface area contributed by atoms with Gasteiger partial charge in [-0.3, -0.25) is 4.79 Å². The summed E-state index contributed by atoms with van der Waals surface area (Å²) in [5.74, 6) is -0.0150. The topological polar surface area (TPSA) is 53.6 Å². The molecule has 0 heterocycles. The monoisotopic (exact) mass is 279 g/mol. The van der Waals surface area contributed by atoms with Crippen molar-refractivity contribution in [3.8, 4) is 0 Å². The summed E-state index contributed by atoms with van der Waals surface area (Å²) in [6.45, 7) is 3.43. The minimum Gasteiger partial charge on any atom is -0.383 e. The molecule has 0 spiro atoms. The molecule has 0 saturated carbocycles. The van der Waals surface area contributed by atoms with Crippen molar-refractivity contribution in [3.63, 3.8) is 0 Å². The summed E-state index contributed by atoms with van der Waals surface area (Å²) in [6, 6.07) is 8.45. The SMILES string of the molecule is COCCNC(=O)CNC(C)c1ccc(N(C)C)cc1. The highest BCUT2D eigenvalue weighted by molar-refractivity contribution is 5.78. The van der Waals surface area contributed by atoms with Crippen LogP contribution in [-0.4, -0.2) is 46.8 Å². The number of carbonyl (C=O) groups is 1. The summed E-state index contributed by atoms with van der Waals surface area (Å²) in [6.07, 6.45) is 0. The van der Waals surface area contributed by atoms with Crippen LogP contribution in [0.15, 0.2) is 24.3 Å². The van der Waals surface area contributed by atoms with E-state index in [1.807, 2.05) is 21.0 Å². The van der Waals surface area contributed by atoms with Gasteiger partial charge in [0, 0.05) is 39.5 Å². The molecule has 1 aromatic rings. The Bertz CT molecular complexity index is 404. The second kappa shape index (κ2) is 8.55. The molecule has 0 radical (unpaired) electrons. The number of rotatable bonds is 8. The molecule has 1 amide bonds. The van der Waals surface area contributed by atoms with E-state index in [4.69, 9.17) is 4.74 Å². The highest BCUT2D eigenvalue weighted by Gasteiger charge is 2.07. The first kappa shape index (κ1) is 16.5. The Morgan fingerprint density at radius 3 is 2.50 bits per heavy atom. The predicted octanol–water partition coefficient (Wildman–Crippen LogP) is 1.17.